The molecule has 1 aliphatic heterocycles. The maximum absolute atomic E-state index is 13.5. The lowest BCUT2D eigenvalue weighted by atomic mass is 10.1. The van der Waals surface area contributed by atoms with Crippen LogP contribution in [0.5, 0.6) is 0 Å². The minimum atomic E-state index is -0.448. The number of aryl methyl sites for hydroxylation is 1. The molecule has 0 fully saturated rings. The van der Waals surface area contributed by atoms with E-state index in [2.05, 4.69) is 0 Å². The van der Waals surface area contributed by atoms with Gasteiger partial charge in [0, 0.05) is 22.7 Å². The minimum absolute atomic E-state index is 0.00645. The highest BCUT2D eigenvalue weighted by atomic mass is 35.5. The Morgan fingerprint density at radius 2 is 1.65 bits per heavy atom. The van der Waals surface area contributed by atoms with Crippen LogP contribution in [-0.4, -0.2) is 10.8 Å². The molecule has 154 valence electrons. The summed E-state index contributed by atoms with van der Waals surface area (Å²) >= 11 is 6.33. The highest BCUT2D eigenvalue weighted by molar-refractivity contribution is 6.32. The summed E-state index contributed by atoms with van der Waals surface area (Å²) < 4.78 is 0. The second kappa shape index (κ2) is 8.20. The minimum Gasteiger partial charge on any atom is -0.276 e. The number of hydrogen-bond acceptors (Lipinski definition) is 3. The molecule has 0 unspecified atom stereocenters. The van der Waals surface area contributed by atoms with Crippen molar-refractivity contribution in [3.05, 3.63) is 116 Å². The van der Waals surface area contributed by atoms with Gasteiger partial charge in [-0.2, -0.15) is 0 Å². The molecule has 0 aromatic heterocycles. The molecule has 5 nitrogen and oxygen atoms in total. The molecule has 0 saturated carbocycles. The first kappa shape index (κ1) is 20.6. The summed E-state index contributed by atoms with van der Waals surface area (Å²) in [5.41, 5.74) is 5.52. The van der Waals surface area contributed by atoms with Crippen LogP contribution in [0.25, 0.3) is 11.8 Å². The molecule has 0 radical (unpaired) electrons. The lowest BCUT2D eigenvalue weighted by Gasteiger charge is -2.23. The summed E-state index contributed by atoms with van der Waals surface area (Å²) in [6.45, 7) is 3.90. The molecule has 3 aromatic carbocycles. The molecular weight excluding hydrogens is 412 g/mol. The molecule has 6 heteroatoms. The van der Waals surface area contributed by atoms with Gasteiger partial charge in [0.25, 0.3) is 11.6 Å². The van der Waals surface area contributed by atoms with Gasteiger partial charge in [-0.15, -0.1) is 0 Å². The maximum Gasteiger partial charge on any atom is 0.269 e. The third-order valence-corrected chi connectivity index (χ3v) is 5.65. The normalized spacial score (nSPS) is 14.8. The second-order valence-corrected chi connectivity index (χ2v) is 7.78. The Kier molecular flexibility index (Phi) is 5.44. The van der Waals surface area contributed by atoms with Gasteiger partial charge in [-0.1, -0.05) is 47.5 Å². The zero-order valence-corrected chi connectivity index (χ0v) is 17.8. The fourth-order valence-electron chi connectivity index (χ4n) is 3.50. The van der Waals surface area contributed by atoms with Gasteiger partial charge < -0.3 is 0 Å². The van der Waals surface area contributed by atoms with E-state index in [0.717, 1.165) is 28.1 Å². The number of rotatable bonds is 4. The first-order chi connectivity index (χ1) is 14.8. The van der Waals surface area contributed by atoms with Crippen molar-refractivity contribution in [3.63, 3.8) is 0 Å². The molecular formula is C25H19ClN2O3. The number of anilines is 1. The molecule has 0 aliphatic carbocycles. The Balaban J connectivity index is 1.82. The summed E-state index contributed by atoms with van der Waals surface area (Å²) in [5, 5.41) is 11.5. The smallest absolute Gasteiger partial charge is 0.269 e. The van der Waals surface area contributed by atoms with Crippen molar-refractivity contribution in [1.82, 2.24) is 0 Å². The van der Waals surface area contributed by atoms with E-state index in [1.165, 1.54) is 12.1 Å². The number of carbonyl (C=O) groups excluding carboxylic acids is 1. The summed E-state index contributed by atoms with van der Waals surface area (Å²) in [6.07, 6.45) is 3.58. The Bertz CT molecular complexity index is 1240. The van der Waals surface area contributed by atoms with Crippen molar-refractivity contribution < 1.29 is 9.72 Å². The van der Waals surface area contributed by atoms with E-state index in [4.69, 9.17) is 11.6 Å². The van der Waals surface area contributed by atoms with Crippen LogP contribution >= 0.6 is 11.6 Å². The van der Waals surface area contributed by atoms with Gasteiger partial charge in [0.1, 0.15) is 0 Å². The number of nitrogens with zero attached hydrogens (tertiary/aromatic N) is 2. The van der Waals surface area contributed by atoms with Crippen LogP contribution in [-0.2, 0) is 4.79 Å². The van der Waals surface area contributed by atoms with Crippen molar-refractivity contribution in [2.75, 3.05) is 4.90 Å². The quantitative estimate of drug-likeness (QED) is 0.276. The average molecular weight is 431 g/mol. The van der Waals surface area contributed by atoms with Crippen LogP contribution in [0.2, 0.25) is 5.02 Å². The monoisotopic (exact) mass is 430 g/mol. The summed E-state index contributed by atoms with van der Waals surface area (Å²) in [6, 6.07) is 19.6. The molecule has 0 spiro atoms. The van der Waals surface area contributed by atoms with Crippen molar-refractivity contribution in [1.29, 1.82) is 0 Å². The largest absolute Gasteiger partial charge is 0.276 e. The van der Waals surface area contributed by atoms with Crippen LogP contribution in [0.1, 0.15) is 22.3 Å². The van der Waals surface area contributed by atoms with Gasteiger partial charge in [-0.25, -0.2) is 0 Å². The number of nitro groups is 1. The highest BCUT2D eigenvalue weighted by Crippen LogP contribution is 2.38. The first-order valence-corrected chi connectivity index (χ1v) is 10.1. The molecule has 4 rings (SSSR count). The Hall–Kier alpha value is -3.70. The number of nitro benzene ring substituents is 1. The third-order valence-electron chi connectivity index (χ3n) is 5.24. The molecule has 1 heterocycles. The summed E-state index contributed by atoms with van der Waals surface area (Å²) in [5.74, 6) is -0.181. The number of amides is 1. The second-order valence-electron chi connectivity index (χ2n) is 7.37. The van der Waals surface area contributed by atoms with E-state index in [-0.39, 0.29) is 11.6 Å². The molecule has 3 aromatic rings. The van der Waals surface area contributed by atoms with Gasteiger partial charge in [0.2, 0.25) is 0 Å². The van der Waals surface area contributed by atoms with Crippen LogP contribution in [0.15, 0.2) is 78.4 Å². The predicted octanol–water partition coefficient (Wildman–Crippen LogP) is 6.34. The molecule has 1 aliphatic rings. The topological polar surface area (TPSA) is 63.5 Å². The molecule has 0 saturated heterocycles. The average Bonchev–Trinajstić information content (AvgIpc) is 3.07. The van der Waals surface area contributed by atoms with Crippen molar-refractivity contribution in [2.24, 2.45) is 0 Å². The van der Waals surface area contributed by atoms with E-state index < -0.39 is 4.92 Å². The van der Waals surface area contributed by atoms with Crippen LogP contribution in [0, 0.1) is 24.0 Å². The predicted molar refractivity (Wildman–Crippen MR) is 124 cm³/mol. The maximum atomic E-state index is 13.5. The first-order valence-electron chi connectivity index (χ1n) is 9.69. The van der Waals surface area contributed by atoms with E-state index in [0.29, 0.717) is 16.2 Å². The van der Waals surface area contributed by atoms with Gasteiger partial charge in [0.15, 0.2) is 0 Å². The molecule has 0 bridgehead atoms. The third kappa shape index (κ3) is 4.00. The standard InChI is InChI=1S/C25H19ClN2O3/c1-16-6-10-19(11-7-16)24-15-20(14-18-8-12-21(13-9-18)28(30)31)25(29)27(24)23-5-3-4-22(26)17(23)2/h3-15H,1-2H3/b20-14+. The van der Waals surface area contributed by atoms with Crippen LogP contribution in [0.4, 0.5) is 11.4 Å². The van der Waals surface area contributed by atoms with Gasteiger partial charge in [0.05, 0.1) is 16.3 Å². The van der Waals surface area contributed by atoms with Crippen molar-refractivity contribution in [2.45, 2.75) is 13.8 Å². The highest BCUT2D eigenvalue weighted by Gasteiger charge is 2.31. The van der Waals surface area contributed by atoms with Gasteiger partial charge in [-0.3, -0.25) is 19.8 Å². The Morgan fingerprint density at radius 3 is 2.29 bits per heavy atom. The number of halogens is 1. The number of carbonyl (C=O) groups is 1. The summed E-state index contributed by atoms with van der Waals surface area (Å²) in [4.78, 5) is 25.6. The fraction of sp³-hybridized carbons (Fsp3) is 0.0800. The van der Waals surface area contributed by atoms with Gasteiger partial charge >= 0.3 is 0 Å². The Morgan fingerprint density at radius 1 is 0.968 bits per heavy atom. The fourth-order valence-corrected chi connectivity index (χ4v) is 3.67. The molecule has 1 amide bonds. The van der Waals surface area contributed by atoms with E-state index in [9.17, 15) is 14.9 Å². The lowest BCUT2D eigenvalue weighted by Crippen LogP contribution is -2.25. The Labute approximate surface area is 185 Å². The SMILES string of the molecule is Cc1ccc(C2=C/C(=C\c3ccc([N+](=O)[O-])cc3)C(=O)N2c2cccc(Cl)c2C)cc1. The van der Waals surface area contributed by atoms with E-state index in [1.807, 2.05) is 56.3 Å². The molecule has 31 heavy (non-hydrogen) atoms. The lowest BCUT2D eigenvalue weighted by molar-refractivity contribution is -0.384. The van der Waals surface area contributed by atoms with E-state index in [1.54, 1.807) is 29.2 Å². The summed E-state index contributed by atoms with van der Waals surface area (Å²) in [7, 11) is 0. The zero-order chi connectivity index (χ0) is 22.1. The zero-order valence-electron chi connectivity index (χ0n) is 17.0. The number of hydrogen-bond donors (Lipinski definition) is 0. The molecule has 0 atom stereocenters. The van der Waals surface area contributed by atoms with Crippen molar-refractivity contribution in [3.8, 4) is 0 Å². The van der Waals surface area contributed by atoms with Crippen LogP contribution < -0.4 is 4.90 Å². The number of benzene rings is 3. The number of non-ortho nitro benzene ring substituents is 1. The van der Waals surface area contributed by atoms with E-state index >= 15 is 0 Å². The van der Waals surface area contributed by atoms with Gasteiger partial charge in [-0.05, 0) is 67.0 Å². The molecule has 0 N–H and O–H groups in total. The van der Waals surface area contributed by atoms with Crippen LogP contribution in [0.3, 0.4) is 0 Å². The van der Waals surface area contributed by atoms with Crippen molar-refractivity contribution >= 4 is 40.7 Å².